The molecule has 0 fully saturated rings. The fourth-order valence-corrected chi connectivity index (χ4v) is 3.66. The molecule has 0 heterocycles. The van der Waals surface area contributed by atoms with Crippen molar-refractivity contribution in [3.05, 3.63) is 35.9 Å². The second-order valence-corrected chi connectivity index (χ2v) is 8.24. The zero-order chi connectivity index (χ0) is 17.3. The molecule has 7 heteroatoms. The number of ether oxygens (including phenoxy) is 1. The lowest BCUT2D eigenvalue weighted by Gasteiger charge is -2.21. The largest absolute Gasteiger partial charge is 0.480 e. The van der Waals surface area contributed by atoms with Crippen LogP contribution in [0.2, 0.25) is 0 Å². The van der Waals surface area contributed by atoms with Gasteiger partial charge in [0.1, 0.15) is 11.6 Å². The van der Waals surface area contributed by atoms with Crippen LogP contribution in [-0.4, -0.2) is 39.6 Å². The van der Waals surface area contributed by atoms with Gasteiger partial charge in [0, 0.05) is 16.6 Å². The van der Waals surface area contributed by atoms with Crippen LogP contribution >= 0.6 is 23.5 Å². The lowest BCUT2D eigenvalue weighted by molar-refractivity contribution is -0.138. The zero-order valence-electron chi connectivity index (χ0n) is 13.6. The van der Waals surface area contributed by atoms with Crippen LogP contribution in [0.15, 0.2) is 30.3 Å². The van der Waals surface area contributed by atoms with Crippen LogP contribution in [0.5, 0.6) is 0 Å². The molecule has 5 nitrogen and oxygen atoms in total. The van der Waals surface area contributed by atoms with Crippen LogP contribution in [0.1, 0.15) is 26.3 Å². The third kappa shape index (κ3) is 9.40. The van der Waals surface area contributed by atoms with E-state index in [1.807, 2.05) is 18.2 Å². The second-order valence-electron chi connectivity index (χ2n) is 5.86. The quantitative estimate of drug-likeness (QED) is 0.547. The van der Waals surface area contributed by atoms with E-state index in [9.17, 15) is 9.59 Å². The van der Waals surface area contributed by atoms with E-state index in [-0.39, 0.29) is 0 Å². The molecule has 1 rings (SSSR count). The van der Waals surface area contributed by atoms with Gasteiger partial charge in [-0.1, -0.05) is 30.3 Å². The van der Waals surface area contributed by atoms with Crippen LogP contribution in [0.3, 0.4) is 0 Å². The van der Waals surface area contributed by atoms with E-state index in [2.05, 4.69) is 17.4 Å². The number of carbonyl (C=O) groups is 2. The highest BCUT2D eigenvalue weighted by molar-refractivity contribution is 8.15. The number of carbonyl (C=O) groups excluding carboxylic acids is 1. The summed E-state index contributed by atoms with van der Waals surface area (Å²) in [7, 11) is 0. The maximum absolute atomic E-state index is 11.6. The second kappa shape index (κ2) is 9.72. The Morgan fingerprint density at radius 1 is 1.22 bits per heavy atom. The van der Waals surface area contributed by atoms with E-state index in [1.165, 1.54) is 17.3 Å². The van der Waals surface area contributed by atoms with Crippen molar-refractivity contribution >= 4 is 35.6 Å². The number of benzene rings is 1. The maximum atomic E-state index is 11.6. The Morgan fingerprint density at radius 3 is 2.43 bits per heavy atom. The predicted molar refractivity (Wildman–Crippen MR) is 95.9 cm³/mol. The first-order valence-electron chi connectivity index (χ1n) is 7.19. The Morgan fingerprint density at radius 2 is 1.87 bits per heavy atom. The molecule has 0 aliphatic heterocycles. The monoisotopic (exact) mass is 357 g/mol. The van der Waals surface area contributed by atoms with Gasteiger partial charge >= 0.3 is 12.1 Å². The van der Waals surface area contributed by atoms with E-state index >= 15 is 0 Å². The van der Waals surface area contributed by atoms with Crippen molar-refractivity contribution in [1.82, 2.24) is 5.32 Å². The van der Waals surface area contributed by atoms with Crippen molar-refractivity contribution in [1.29, 1.82) is 0 Å². The number of amides is 1. The van der Waals surface area contributed by atoms with Crippen molar-refractivity contribution in [2.45, 2.75) is 38.2 Å². The van der Waals surface area contributed by atoms with E-state index in [4.69, 9.17) is 9.84 Å². The number of thioether (sulfide) groups is 2. The molecular formula is C16H23NO4S2. The van der Waals surface area contributed by atoms with Crippen molar-refractivity contribution in [2.75, 3.05) is 10.8 Å². The van der Waals surface area contributed by atoms with Gasteiger partial charge in [0.2, 0.25) is 0 Å². The molecule has 1 aromatic rings. The van der Waals surface area contributed by atoms with Gasteiger partial charge in [0.15, 0.2) is 0 Å². The van der Waals surface area contributed by atoms with Gasteiger partial charge in [0.05, 0.1) is 0 Å². The Hall–Kier alpha value is -1.34. The van der Waals surface area contributed by atoms with E-state index in [0.29, 0.717) is 5.75 Å². The van der Waals surface area contributed by atoms with Crippen molar-refractivity contribution < 1.29 is 19.4 Å². The minimum atomic E-state index is -1.06. The minimum absolute atomic E-state index is 0.302. The molecule has 23 heavy (non-hydrogen) atoms. The first kappa shape index (κ1) is 19.7. The molecule has 1 amide bonds. The first-order valence-corrected chi connectivity index (χ1v) is 9.50. The van der Waals surface area contributed by atoms with Gasteiger partial charge in [-0.25, -0.2) is 9.59 Å². The van der Waals surface area contributed by atoms with Crippen LogP contribution < -0.4 is 5.32 Å². The predicted octanol–water partition coefficient (Wildman–Crippen LogP) is 3.59. The summed E-state index contributed by atoms with van der Waals surface area (Å²) in [6.07, 6.45) is -0.706. The molecular weight excluding hydrogens is 334 g/mol. The van der Waals surface area contributed by atoms with Crippen LogP contribution in [0, 0.1) is 0 Å². The number of rotatable bonds is 8. The fraction of sp³-hybridized carbons (Fsp3) is 0.500. The average molecular weight is 357 g/mol. The third-order valence-electron chi connectivity index (χ3n) is 2.55. The average Bonchev–Trinajstić information content (AvgIpc) is 2.44. The molecule has 2 N–H and O–H groups in total. The molecule has 128 valence electrons. The van der Waals surface area contributed by atoms with Crippen molar-refractivity contribution in [3.63, 3.8) is 0 Å². The van der Waals surface area contributed by atoms with Gasteiger partial charge < -0.3 is 15.2 Å². The molecule has 0 unspecified atom stereocenters. The summed E-state index contributed by atoms with van der Waals surface area (Å²) >= 11 is 3.20. The molecule has 0 radical (unpaired) electrons. The molecule has 0 spiro atoms. The van der Waals surface area contributed by atoms with E-state index in [0.717, 1.165) is 10.8 Å². The zero-order valence-corrected chi connectivity index (χ0v) is 15.2. The Labute approximate surface area is 145 Å². The minimum Gasteiger partial charge on any atom is -0.480 e. The van der Waals surface area contributed by atoms with Gasteiger partial charge in [-0.3, -0.25) is 0 Å². The highest BCUT2D eigenvalue weighted by Crippen LogP contribution is 2.18. The van der Waals surface area contributed by atoms with Crippen molar-refractivity contribution in [3.8, 4) is 0 Å². The van der Waals surface area contributed by atoms with Gasteiger partial charge in [-0.05, 0) is 26.3 Å². The molecule has 0 saturated heterocycles. The number of carboxylic acid groups (broad SMARTS) is 1. The lowest BCUT2D eigenvalue weighted by atomic mass is 10.2. The molecule has 0 aliphatic rings. The van der Waals surface area contributed by atoms with E-state index < -0.39 is 23.7 Å². The first-order chi connectivity index (χ1) is 10.8. The normalized spacial score (nSPS) is 12.5. The summed E-state index contributed by atoms with van der Waals surface area (Å²) in [5.41, 5.74) is 0.589. The van der Waals surface area contributed by atoms with Gasteiger partial charge in [-0.15, -0.1) is 23.5 Å². The topological polar surface area (TPSA) is 75.6 Å². The fourth-order valence-electron chi connectivity index (χ4n) is 1.58. The Bertz CT molecular complexity index is 503. The number of nitrogens with one attached hydrogen (secondary N) is 1. The summed E-state index contributed by atoms with van der Waals surface area (Å²) in [6, 6.07) is 9.13. The summed E-state index contributed by atoms with van der Waals surface area (Å²) < 4.78 is 5.08. The van der Waals surface area contributed by atoms with Gasteiger partial charge in [-0.2, -0.15) is 0 Å². The number of aliphatic carboxylic acids is 1. The maximum Gasteiger partial charge on any atom is 0.408 e. The smallest absolute Gasteiger partial charge is 0.408 e. The molecule has 0 aliphatic carbocycles. The number of hydrogen-bond acceptors (Lipinski definition) is 5. The number of alkyl carbamates (subject to hydrolysis) is 1. The Kier molecular flexibility index (Phi) is 8.33. The summed E-state index contributed by atoms with van der Waals surface area (Å²) in [5.74, 6) is 0.123. The molecule has 0 saturated carbocycles. The highest BCUT2D eigenvalue weighted by atomic mass is 32.2. The standard InChI is InChI=1S/C16H23NO4S2/c1-16(2,3)21-15(20)17-13(14(18)19)10-23-11-22-9-12-7-5-4-6-8-12/h4-8,13H,9-11H2,1-3H3,(H,17,20)(H,18,19)/t13-/m0/s1. The van der Waals surface area contributed by atoms with Crippen LogP contribution in [-0.2, 0) is 15.3 Å². The molecule has 1 atom stereocenters. The molecule has 1 aromatic carbocycles. The molecule has 0 bridgehead atoms. The Balaban J connectivity index is 2.28. The lowest BCUT2D eigenvalue weighted by Crippen LogP contribution is -2.44. The highest BCUT2D eigenvalue weighted by Gasteiger charge is 2.23. The third-order valence-corrected chi connectivity index (χ3v) is 4.99. The van der Waals surface area contributed by atoms with Crippen LogP contribution in [0.25, 0.3) is 0 Å². The number of carboxylic acids is 1. The SMILES string of the molecule is CC(C)(C)OC(=O)N[C@@H](CSCSCc1ccccc1)C(=O)O. The molecule has 0 aromatic heterocycles. The van der Waals surface area contributed by atoms with Crippen molar-refractivity contribution in [2.24, 2.45) is 0 Å². The van der Waals surface area contributed by atoms with Crippen LogP contribution in [0.4, 0.5) is 4.79 Å². The summed E-state index contributed by atoms with van der Waals surface area (Å²) in [6.45, 7) is 5.20. The summed E-state index contributed by atoms with van der Waals surface area (Å²) in [4.78, 5) is 22.8. The van der Waals surface area contributed by atoms with Gasteiger partial charge in [0.25, 0.3) is 0 Å². The van der Waals surface area contributed by atoms with E-state index in [1.54, 1.807) is 32.5 Å². The summed E-state index contributed by atoms with van der Waals surface area (Å²) in [5, 5.41) is 12.3. The number of hydrogen-bond donors (Lipinski definition) is 2.